The standard InChI is InChI=1S/C16H16O2/c1-16(13-6-8-14(17)9-7-13)10-12-4-2-3-5-15(12)18-11-16/h2-9,17H,10-11H2,1H3. The predicted molar refractivity (Wildman–Crippen MR) is 71.1 cm³/mol. The molecule has 92 valence electrons. The molecule has 2 aromatic rings. The number of rotatable bonds is 1. The number of hydrogen-bond donors (Lipinski definition) is 1. The SMILES string of the molecule is CC1(c2ccc(O)cc2)COc2ccccc2C1. The fourth-order valence-electron chi connectivity index (χ4n) is 2.55. The Balaban J connectivity index is 1.96. The molecule has 1 aliphatic rings. The number of benzene rings is 2. The lowest BCUT2D eigenvalue weighted by atomic mass is 9.76. The van der Waals surface area contributed by atoms with Gasteiger partial charge in [-0.15, -0.1) is 0 Å². The molecule has 0 fully saturated rings. The molecule has 1 heterocycles. The summed E-state index contributed by atoms with van der Waals surface area (Å²) in [5, 5.41) is 9.37. The van der Waals surface area contributed by atoms with Crippen molar-refractivity contribution in [1.82, 2.24) is 0 Å². The van der Waals surface area contributed by atoms with Gasteiger partial charge in [0, 0.05) is 5.41 Å². The zero-order valence-electron chi connectivity index (χ0n) is 10.4. The zero-order valence-corrected chi connectivity index (χ0v) is 10.4. The van der Waals surface area contributed by atoms with Gasteiger partial charge in [-0.05, 0) is 35.7 Å². The largest absolute Gasteiger partial charge is 0.508 e. The van der Waals surface area contributed by atoms with Gasteiger partial charge < -0.3 is 9.84 Å². The van der Waals surface area contributed by atoms with Crippen LogP contribution >= 0.6 is 0 Å². The van der Waals surface area contributed by atoms with Crippen LogP contribution < -0.4 is 4.74 Å². The van der Waals surface area contributed by atoms with E-state index in [-0.39, 0.29) is 5.41 Å². The zero-order chi connectivity index (χ0) is 12.6. The number of hydrogen-bond acceptors (Lipinski definition) is 2. The maximum absolute atomic E-state index is 9.37. The molecule has 1 atom stereocenters. The first-order valence-electron chi connectivity index (χ1n) is 6.18. The van der Waals surface area contributed by atoms with E-state index >= 15 is 0 Å². The Hall–Kier alpha value is -1.96. The van der Waals surface area contributed by atoms with E-state index in [1.165, 1.54) is 11.1 Å². The lowest BCUT2D eigenvalue weighted by Crippen LogP contribution is -2.36. The summed E-state index contributed by atoms with van der Waals surface area (Å²) in [6.45, 7) is 2.88. The van der Waals surface area contributed by atoms with E-state index in [1.807, 2.05) is 30.3 Å². The van der Waals surface area contributed by atoms with Gasteiger partial charge in [-0.25, -0.2) is 0 Å². The monoisotopic (exact) mass is 240 g/mol. The molecule has 0 radical (unpaired) electrons. The molecule has 18 heavy (non-hydrogen) atoms. The van der Waals surface area contributed by atoms with Gasteiger partial charge in [0.25, 0.3) is 0 Å². The molecular weight excluding hydrogens is 224 g/mol. The maximum atomic E-state index is 9.37. The number of para-hydroxylation sites is 1. The van der Waals surface area contributed by atoms with Crippen molar-refractivity contribution in [1.29, 1.82) is 0 Å². The molecule has 3 rings (SSSR count). The summed E-state index contributed by atoms with van der Waals surface area (Å²) >= 11 is 0. The van der Waals surface area contributed by atoms with Crippen LogP contribution in [-0.4, -0.2) is 11.7 Å². The minimum absolute atomic E-state index is 0.0257. The second-order valence-electron chi connectivity index (χ2n) is 5.18. The second-order valence-corrected chi connectivity index (χ2v) is 5.18. The Morgan fingerprint density at radius 3 is 2.56 bits per heavy atom. The molecule has 0 spiro atoms. The Morgan fingerprint density at radius 2 is 1.78 bits per heavy atom. The van der Waals surface area contributed by atoms with Crippen LogP contribution in [0.3, 0.4) is 0 Å². The fraction of sp³-hybridized carbons (Fsp3) is 0.250. The summed E-state index contributed by atoms with van der Waals surface area (Å²) in [7, 11) is 0. The number of ether oxygens (including phenoxy) is 1. The third-order valence-corrected chi connectivity index (χ3v) is 3.66. The smallest absolute Gasteiger partial charge is 0.122 e. The van der Waals surface area contributed by atoms with Crippen LogP contribution in [0, 0.1) is 0 Å². The van der Waals surface area contributed by atoms with Gasteiger partial charge in [-0.2, -0.15) is 0 Å². The van der Waals surface area contributed by atoms with Crippen molar-refractivity contribution in [2.24, 2.45) is 0 Å². The summed E-state index contributed by atoms with van der Waals surface area (Å²) in [6, 6.07) is 15.6. The van der Waals surface area contributed by atoms with E-state index in [1.54, 1.807) is 12.1 Å². The maximum Gasteiger partial charge on any atom is 0.122 e. The highest BCUT2D eigenvalue weighted by Gasteiger charge is 2.32. The third kappa shape index (κ3) is 1.84. The van der Waals surface area contributed by atoms with Gasteiger partial charge in [0.1, 0.15) is 11.5 Å². The first-order valence-corrected chi connectivity index (χ1v) is 6.18. The minimum Gasteiger partial charge on any atom is -0.508 e. The number of fused-ring (bicyclic) bond motifs is 1. The molecule has 0 saturated heterocycles. The van der Waals surface area contributed by atoms with E-state index < -0.39 is 0 Å². The Morgan fingerprint density at radius 1 is 1.06 bits per heavy atom. The van der Waals surface area contributed by atoms with Gasteiger partial charge in [-0.1, -0.05) is 37.3 Å². The number of phenols is 1. The van der Waals surface area contributed by atoms with E-state index in [4.69, 9.17) is 4.74 Å². The van der Waals surface area contributed by atoms with Crippen molar-refractivity contribution in [2.75, 3.05) is 6.61 Å². The molecule has 1 unspecified atom stereocenters. The molecule has 1 N–H and O–H groups in total. The Bertz CT molecular complexity index is 560. The Labute approximate surface area is 107 Å². The van der Waals surface area contributed by atoms with Gasteiger partial charge in [0.05, 0.1) is 6.61 Å². The molecule has 0 aliphatic carbocycles. The summed E-state index contributed by atoms with van der Waals surface area (Å²) in [5.74, 6) is 1.30. The summed E-state index contributed by atoms with van der Waals surface area (Å²) < 4.78 is 5.86. The summed E-state index contributed by atoms with van der Waals surface area (Å²) in [4.78, 5) is 0. The summed E-state index contributed by atoms with van der Waals surface area (Å²) in [6.07, 6.45) is 0.966. The molecular formula is C16H16O2. The first kappa shape index (κ1) is 11.1. The highest BCUT2D eigenvalue weighted by atomic mass is 16.5. The van der Waals surface area contributed by atoms with Crippen LogP contribution in [0.1, 0.15) is 18.1 Å². The Kier molecular flexibility index (Phi) is 2.51. The number of aromatic hydroxyl groups is 1. The molecule has 0 bridgehead atoms. The predicted octanol–water partition coefficient (Wildman–Crippen LogP) is 3.29. The minimum atomic E-state index is -0.0257. The molecule has 2 nitrogen and oxygen atoms in total. The molecule has 2 aromatic carbocycles. The van der Waals surface area contributed by atoms with Crippen molar-refractivity contribution in [2.45, 2.75) is 18.8 Å². The topological polar surface area (TPSA) is 29.5 Å². The highest BCUT2D eigenvalue weighted by molar-refractivity contribution is 5.41. The molecule has 0 saturated carbocycles. The van der Waals surface area contributed by atoms with E-state index in [9.17, 15) is 5.11 Å². The van der Waals surface area contributed by atoms with Crippen molar-refractivity contribution in [3.05, 3.63) is 59.7 Å². The molecule has 0 amide bonds. The van der Waals surface area contributed by atoms with E-state index in [0.717, 1.165) is 12.2 Å². The highest BCUT2D eigenvalue weighted by Crippen LogP contribution is 2.37. The van der Waals surface area contributed by atoms with Gasteiger partial charge in [0.2, 0.25) is 0 Å². The van der Waals surface area contributed by atoms with Crippen molar-refractivity contribution >= 4 is 0 Å². The van der Waals surface area contributed by atoms with Crippen LogP contribution in [-0.2, 0) is 11.8 Å². The van der Waals surface area contributed by atoms with Gasteiger partial charge >= 0.3 is 0 Å². The lowest BCUT2D eigenvalue weighted by molar-refractivity contribution is 0.200. The fourth-order valence-corrected chi connectivity index (χ4v) is 2.55. The van der Waals surface area contributed by atoms with Gasteiger partial charge in [-0.3, -0.25) is 0 Å². The van der Waals surface area contributed by atoms with Crippen molar-refractivity contribution < 1.29 is 9.84 Å². The molecule has 2 heteroatoms. The average Bonchev–Trinajstić information content (AvgIpc) is 2.39. The van der Waals surface area contributed by atoms with E-state index in [0.29, 0.717) is 12.4 Å². The van der Waals surface area contributed by atoms with Gasteiger partial charge in [0.15, 0.2) is 0 Å². The van der Waals surface area contributed by atoms with Crippen LogP contribution in [0.5, 0.6) is 11.5 Å². The van der Waals surface area contributed by atoms with Crippen LogP contribution in [0.25, 0.3) is 0 Å². The molecule has 0 aromatic heterocycles. The van der Waals surface area contributed by atoms with Crippen LogP contribution in [0.2, 0.25) is 0 Å². The third-order valence-electron chi connectivity index (χ3n) is 3.66. The lowest BCUT2D eigenvalue weighted by Gasteiger charge is -2.35. The van der Waals surface area contributed by atoms with E-state index in [2.05, 4.69) is 13.0 Å². The summed E-state index contributed by atoms with van der Waals surface area (Å²) in [5.41, 5.74) is 2.43. The van der Waals surface area contributed by atoms with Crippen molar-refractivity contribution in [3.63, 3.8) is 0 Å². The first-order chi connectivity index (χ1) is 8.67. The van der Waals surface area contributed by atoms with Crippen LogP contribution in [0.4, 0.5) is 0 Å². The molecule has 1 aliphatic heterocycles. The second kappa shape index (κ2) is 4.05. The quantitative estimate of drug-likeness (QED) is 0.828. The normalized spacial score (nSPS) is 22.1. The number of phenolic OH excluding ortho intramolecular Hbond substituents is 1. The average molecular weight is 240 g/mol. The van der Waals surface area contributed by atoms with Crippen LogP contribution in [0.15, 0.2) is 48.5 Å². The van der Waals surface area contributed by atoms with Crippen molar-refractivity contribution in [3.8, 4) is 11.5 Å².